The second kappa shape index (κ2) is 3.46. The molecule has 0 aromatic carbocycles. The van der Waals surface area contributed by atoms with Crippen molar-refractivity contribution in [1.29, 1.82) is 0 Å². The molecule has 6 nitrogen and oxygen atoms in total. The van der Waals surface area contributed by atoms with Gasteiger partial charge in [0.25, 0.3) is 0 Å². The van der Waals surface area contributed by atoms with Gasteiger partial charge in [0, 0.05) is 0 Å². The van der Waals surface area contributed by atoms with Crippen molar-refractivity contribution in [3.05, 3.63) is 0 Å². The molecule has 0 spiro atoms. The molecular weight excluding hydrogens is 196 g/mol. The SMILES string of the molecule is NNC(=O)C1CC2CCC1(C(=O)NN)C2. The molecule has 6 heteroatoms. The number of amides is 2. The predicted octanol–water partition coefficient (Wildman–Crippen LogP) is -1.23. The van der Waals surface area contributed by atoms with E-state index >= 15 is 0 Å². The summed E-state index contributed by atoms with van der Waals surface area (Å²) in [6.07, 6.45) is 3.24. The van der Waals surface area contributed by atoms with Gasteiger partial charge in [-0.15, -0.1) is 0 Å². The third-order valence-corrected chi connectivity index (χ3v) is 3.93. The highest BCUT2D eigenvalue weighted by Crippen LogP contribution is 2.57. The van der Waals surface area contributed by atoms with Gasteiger partial charge in [0.1, 0.15) is 0 Å². The number of hydrogen-bond acceptors (Lipinski definition) is 4. The molecule has 0 saturated heterocycles. The molecule has 2 fully saturated rings. The highest BCUT2D eigenvalue weighted by atomic mass is 16.2. The summed E-state index contributed by atoms with van der Waals surface area (Å²) in [6.45, 7) is 0. The van der Waals surface area contributed by atoms with E-state index in [2.05, 4.69) is 10.9 Å². The van der Waals surface area contributed by atoms with Crippen molar-refractivity contribution in [3.8, 4) is 0 Å². The molecule has 2 amide bonds. The Hall–Kier alpha value is -1.14. The Balaban J connectivity index is 2.26. The van der Waals surface area contributed by atoms with Crippen molar-refractivity contribution in [2.75, 3.05) is 0 Å². The molecule has 2 aliphatic rings. The Bertz CT molecular complexity index is 306. The van der Waals surface area contributed by atoms with E-state index in [-0.39, 0.29) is 17.7 Å². The normalized spacial score (nSPS) is 37.7. The van der Waals surface area contributed by atoms with Crippen molar-refractivity contribution in [3.63, 3.8) is 0 Å². The number of hydrogen-bond donors (Lipinski definition) is 4. The average Bonchev–Trinajstić information content (AvgIpc) is 2.85. The van der Waals surface area contributed by atoms with E-state index in [4.69, 9.17) is 11.7 Å². The molecule has 6 N–H and O–H groups in total. The fourth-order valence-electron chi connectivity index (χ4n) is 3.22. The van der Waals surface area contributed by atoms with Crippen LogP contribution in [0, 0.1) is 17.3 Å². The lowest BCUT2D eigenvalue weighted by atomic mass is 9.74. The molecule has 2 rings (SSSR count). The van der Waals surface area contributed by atoms with E-state index in [1.54, 1.807) is 0 Å². The van der Waals surface area contributed by atoms with Crippen LogP contribution in [-0.2, 0) is 9.59 Å². The Labute approximate surface area is 87.7 Å². The van der Waals surface area contributed by atoms with E-state index in [1.165, 1.54) is 0 Å². The molecule has 0 heterocycles. The molecule has 84 valence electrons. The first-order valence-corrected chi connectivity index (χ1v) is 5.15. The zero-order valence-corrected chi connectivity index (χ0v) is 8.45. The van der Waals surface area contributed by atoms with E-state index in [1.807, 2.05) is 0 Å². The number of carbonyl (C=O) groups is 2. The van der Waals surface area contributed by atoms with Crippen LogP contribution in [0.25, 0.3) is 0 Å². The maximum absolute atomic E-state index is 11.8. The maximum Gasteiger partial charge on any atom is 0.240 e. The minimum absolute atomic E-state index is 0.226. The lowest BCUT2D eigenvalue weighted by molar-refractivity contribution is -0.141. The molecule has 0 aromatic heterocycles. The summed E-state index contributed by atoms with van der Waals surface area (Å²) in [5, 5.41) is 0. The van der Waals surface area contributed by atoms with Gasteiger partial charge in [0.15, 0.2) is 0 Å². The first kappa shape index (κ1) is 10.4. The fraction of sp³-hybridized carbons (Fsp3) is 0.778. The molecule has 15 heavy (non-hydrogen) atoms. The number of nitrogens with one attached hydrogen (secondary N) is 2. The van der Waals surface area contributed by atoms with Crippen LogP contribution in [0.4, 0.5) is 0 Å². The maximum atomic E-state index is 11.8. The molecule has 2 bridgehead atoms. The van der Waals surface area contributed by atoms with Crippen LogP contribution in [0.5, 0.6) is 0 Å². The van der Waals surface area contributed by atoms with Crippen molar-refractivity contribution >= 4 is 11.8 Å². The van der Waals surface area contributed by atoms with Gasteiger partial charge in [-0.1, -0.05) is 0 Å². The molecule has 3 atom stereocenters. The van der Waals surface area contributed by atoms with Crippen LogP contribution in [0.2, 0.25) is 0 Å². The largest absolute Gasteiger partial charge is 0.294 e. The second-order valence-electron chi connectivity index (χ2n) is 4.54. The van der Waals surface area contributed by atoms with Gasteiger partial charge in [-0.2, -0.15) is 0 Å². The summed E-state index contributed by atoms with van der Waals surface area (Å²) in [5.41, 5.74) is 3.70. The minimum Gasteiger partial charge on any atom is -0.294 e. The van der Waals surface area contributed by atoms with Gasteiger partial charge >= 0.3 is 0 Å². The predicted molar refractivity (Wildman–Crippen MR) is 52.5 cm³/mol. The molecule has 0 radical (unpaired) electrons. The summed E-state index contributed by atoms with van der Waals surface area (Å²) >= 11 is 0. The lowest BCUT2D eigenvalue weighted by Gasteiger charge is -2.31. The number of nitrogens with two attached hydrogens (primary N) is 2. The smallest absolute Gasteiger partial charge is 0.240 e. The van der Waals surface area contributed by atoms with Gasteiger partial charge < -0.3 is 0 Å². The number of hydrazine groups is 2. The van der Waals surface area contributed by atoms with E-state index in [0.717, 1.165) is 25.7 Å². The molecule has 0 aromatic rings. The Morgan fingerprint density at radius 2 is 2.00 bits per heavy atom. The van der Waals surface area contributed by atoms with Crippen molar-refractivity contribution < 1.29 is 9.59 Å². The topological polar surface area (TPSA) is 110 Å². The monoisotopic (exact) mass is 212 g/mol. The molecule has 2 aliphatic carbocycles. The first-order chi connectivity index (χ1) is 7.14. The van der Waals surface area contributed by atoms with Gasteiger partial charge in [0.2, 0.25) is 11.8 Å². The lowest BCUT2D eigenvalue weighted by Crippen LogP contribution is -2.51. The molecular formula is C9H16N4O2. The van der Waals surface area contributed by atoms with Gasteiger partial charge in [-0.05, 0) is 31.6 Å². The Morgan fingerprint density at radius 3 is 2.53 bits per heavy atom. The van der Waals surface area contributed by atoms with Crippen LogP contribution < -0.4 is 22.5 Å². The zero-order valence-electron chi connectivity index (χ0n) is 8.45. The quantitative estimate of drug-likeness (QED) is 0.261. The number of fused-ring (bicyclic) bond motifs is 2. The standard InChI is InChI=1S/C9H16N4O2/c10-12-7(14)6-3-5-1-2-9(6,4-5)8(15)13-11/h5-6H,1-4,10-11H2,(H,12,14)(H,13,15). The van der Waals surface area contributed by atoms with Gasteiger partial charge in [-0.3, -0.25) is 20.4 Å². The van der Waals surface area contributed by atoms with Crippen LogP contribution in [-0.4, -0.2) is 11.8 Å². The van der Waals surface area contributed by atoms with Gasteiger partial charge in [0.05, 0.1) is 11.3 Å². The van der Waals surface area contributed by atoms with Crippen LogP contribution in [0.1, 0.15) is 25.7 Å². The average molecular weight is 212 g/mol. The fourth-order valence-corrected chi connectivity index (χ4v) is 3.22. The van der Waals surface area contributed by atoms with Crippen LogP contribution in [0.15, 0.2) is 0 Å². The van der Waals surface area contributed by atoms with E-state index < -0.39 is 5.41 Å². The Morgan fingerprint density at radius 1 is 1.27 bits per heavy atom. The highest BCUT2D eigenvalue weighted by molar-refractivity contribution is 5.91. The zero-order chi connectivity index (χ0) is 11.1. The summed E-state index contributed by atoms with van der Waals surface area (Å²) in [7, 11) is 0. The minimum atomic E-state index is -0.608. The van der Waals surface area contributed by atoms with Crippen LogP contribution in [0.3, 0.4) is 0 Å². The summed E-state index contributed by atoms with van der Waals surface area (Å²) in [4.78, 5) is 23.3. The Kier molecular flexibility index (Phi) is 2.40. The van der Waals surface area contributed by atoms with Crippen molar-refractivity contribution in [2.45, 2.75) is 25.7 Å². The third-order valence-electron chi connectivity index (χ3n) is 3.93. The molecule has 2 saturated carbocycles. The van der Waals surface area contributed by atoms with Crippen LogP contribution >= 0.6 is 0 Å². The van der Waals surface area contributed by atoms with Crippen molar-refractivity contribution in [2.24, 2.45) is 28.9 Å². The second-order valence-corrected chi connectivity index (χ2v) is 4.54. The third kappa shape index (κ3) is 1.32. The number of rotatable bonds is 2. The summed E-state index contributed by atoms with van der Waals surface area (Å²) in [6, 6.07) is 0. The molecule has 0 aliphatic heterocycles. The first-order valence-electron chi connectivity index (χ1n) is 5.15. The van der Waals surface area contributed by atoms with E-state index in [9.17, 15) is 9.59 Å². The summed E-state index contributed by atoms with van der Waals surface area (Å²) < 4.78 is 0. The number of carbonyl (C=O) groups excluding carboxylic acids is 2. The summed E-state index contributed by atoms with van der Waals surface area (Å²) in [5.74, 6) is 9.97. The van der Waals surface area contributed by atoms with E-state index in [0.29, 0.717) is 5.92 Å². The molecule has 3 unspecified atom stereocenters. The highest BCUT2D eigenvalue weighted by Gasteiger charge is 2.58. The van der Waals surface area contributed by atoms with Gasteiger partial charge in [-0.25, -0.2) is 11.7 Å². The van der Waals surface area contributed by atoms with Crippen molar-refractivity contribution in [1.82, 2.24) is 10.9 Å².